The lowest BCUT2D eigenvalue weighted by molar-refractivity contribution is -0.146. The van der Waals surface area contributed by atoms with E-state index in [-0.39, 0.29) is 44.5 Å². The molecule has 5 rings (SSSR count). The third kappa shape index (κ3) is 5.65. The number of carbonyl (C=O) groups excluding carboxylic acids is 2. The molecule has 0 radical (unpaired) electrons. The SMILES string of the molecule is CCC(=O)OCN1[C+]=NN(C[C@@](O)(c2ccc(F)cc2F)[C@@H](C)N2CCN(c3ccc(-n4ccnn4)cc3)C2=O)C1. The van der Waals surface area contributed by atoms with E-state index >= 15 is 4.39 Å². The van der Waals surface area contributed by atoms with Gasteiger partial charge in [0.05, 0.1) is 30.7 Å². The number of carbonyl (C=O) groups is 2. The molecular formula is C27H29F2N8O4+. The average Bonchev–Trinajstić information content (AvgIpc) is 3.73. The number of aromatic nitrogens is 3. The molecule has 0 bridgehead atoms. The van der Waals surface area contributed by atoms with Crippen LogP contribution in [0.5, 0.6) is 0 Å². The Bertz CT molecular complexity index is 1420. The minimum atomic E-state index is -2.00. The summed E-state index contributed by atoms with van der Waals surface area (Å²) >= 11 is 0. The normalized spacial score (nSPS) is 17.1. The van der Waals surface area contributed by atoms with Crippen molar-refractivity contribution in [2.24, 2.45) is 5.10 Å². The van der Waals surface area contributed by atoms with Crippen LogP contribution in [0.2, 0.25) is 0 Å². The summed E-state index contributed by atoms with van der Waals surface area (Å²) in [5, 5.41) is 25.4. The minimum Gasteiger partial charge on any atom is -0.440 e. The molecule has 2 aliphatic heterocycles. The van der Waals surface area contributed by atoms with E-state index in [9.17, 15) is 19.1 Å². The van der Waals surface area contributed by atoms with Crippen molar-refractivity contribution in [2.45, 2.75) is 31.9 Å². The lowest BCUT2D eigenvalue weighted by Gasteiger charge is -2.40. The number of aliphatic hydroxyl groups is 1. The summed E-state index contributed by atoms with van der Waals surface area (Å²) in [6.07, 6.45) is 6.16. The Morgan fingerprint density at radius 2 is 1.93 bits per heavy atom. The van der Waals surface area contributed by atoms with Gasteiger partial charge < -0.3 is 14.7 Å². The monoisotopic (exact) mass is 567 g/mol. The van der Waals surface area contributed by atoms with Gasteiger partial charge in [0.15, 0.2) is 6.67 Å². The molecular weight excluding hydrogens is 538 g/mol. The lowest BCUT2D eigenvalue weighted by atomic mass is 9.85. The summed E-state index contributed by atoms with van der Waals surface area (Å²) in [7, 11) is 0. The average molecular weight is 568 g/mol. The van der Waals surface area contributed by atoms with E-state index in [2.05, 4.69) is 21.8 Å². The Balaban J connectivity index is 1.35. The molecule has 3 heterocycles. The molecule has 3 aromatic rings. The Kier molecular flexibility index (Phi) is 7.77. The maximum Gasteiger partial charge on any atom is 0.547 e. The molecule has 41 heavy (non-hydrogen) atoms. The zero-order valence-electron chi connectivity index (χ0n) is 22.5. The third-order valence-electron chi connectivity index (χ3n) is 7.20. The van der Waals surface area contributed by atoms with E-state index < -0.39 is 29.2 Å². The highest BCUT2D eigenvalue weighted by molar-refractivity contribution is 5.94. The number of esters is 1. The van der Waals surface area contributed by atoms with Gasteiger partial charge in [-0.1, -0.05) is 23.1 Å². The van der Waals surface area contributed by atoms with Crippen LogP contribution in [-0.4, -0.2) is 92.3 Å². The highest BCUT2D eigenvalue weighted by Gasteiger charge is 2.48. The third-order valence-corrected chi connectivity index (χ3v) is 7.20. The summed E-state index contributed by atoms with van der Waals surface area (Å²) < 4.78 is 35.6. The van der Waals surface area contributed by atoms with Crippen molar-refractivity contribution in [3.8, 4) is 5.69 Å². The summed E-state index contributed by atoms with van der Waals surface area (Å²) in [5.74, 6) is -2.14. The van der Waals surface area contributed by atoms with Gasteiger partial charge in [0.1, 0.15) is 22.3 Å². The van der Waals surface area contributed by atoms with Crippen molar-refractivity contribution in [2.75, 3.05) is 37.9 Å². The van der Waals surface area contributed by atoms with Crippen molar-refractivity contribution in [3.63, 3.8) is 0 Å². The van der Waals surface area contributed by atoms with Gasteiger partial charge in [0.25, 0.3) is 0 Å². The first-order valence-electron chi connectivity index (χ1n) is 13.0. The second kappa shape index (κ2) is 11.4. The van der Waals surface area contributed by atoms with Crippen LogP contribution in [0, 0.1) is 11.6 Å². The summed E-state index contributed by atoms with van der Waals surface area (Å²) in [5.41, 5.74) is -0.769. The predicted octanol–water partition coefficient (Wildman–Crippen LogP) is 2.37. The number of hydrazone groups is 1. The van der Waals surface area contributed by atoms with Crippen LogP contribution in [0.15, 0.2) is 60.0 Å². The van der Waals surface area contributed by atoms with E-state index in [0.717, 1.165) is 11.8 Å². The molecule has 1 N–H and O–H groups in total. The topological polar surface area (TPSA) is 120 Å². The fraction of sp³-hybridized carbons (Fsp3) is 0.370. The summed E-state index contributed by atoms with van der Waals surface area (Å²) in [6, 6.07) is 8.77. The van der Waals surface area contributed by atoms with Gasteiger partial charge in [-0.05, 0) is 37.3 Å². The summed E-state index contributed by atoms with van der Waals surface area (Å²) in [6.45, 7) is 3.61. The van der Waals surface area contributed by atoms with Crippen molar-refractivity contribution in [1.82, 2.24) is 29.8 Å². The molecule has 1 saturated heterocycles. The van der Waals surface area contributed by atoms with E-state index in [4.69, 9.17) is 4.74 Å². The number of anilines is 1. The van der Waals surface area contributed by atoms with Crippen molar-refractivity contribution >= 4 is 24.0 Å². The van der Waals surface area contributed by atoms with E-state index in [1.807, 2.05) is 0 Å². The summed E-state index contributed by atoms with van der Waals surface area (Å²) in [4.78, 5) is 29.6. The van der Waals surface area contributed by atoms with E-state index in [0.29, 0.717) is 18.3 Å². The molecule has 0 saturated carbocycles. The number of benzene rings is 2. The number of ether oxygens (including phenoxy) is 1. The number of β-amino-alcohol motifs (C(OH)–C–C–N with tert-alkyl or cyclic N) is 1. The predicted molar refractivity (Wildman–Crippen MR) is 143 cm³/mol. The molecule has 2 aromatic carbocycles. The first-order valence-corrected chi connectivity index (χ1v) is 13.0. The molecule has 0 unspecified atom stereocenters. The number of rotatable bonds is 10. The Morgan fingerprint density at radius 1 is 1.17 bits per heavy atom. The first-order chi connectivity index (χ1) is 19.7. The number of halogens is 2. The maximum absolute atomic E-state index is 15.1. The standard InChI is InChI=1S/C27H29F2N8O4/c1-3-25(38)41-18-33-16-31-34(17-33)15-27(40,23-9-4-20(28)14-24(23)29)19(2)35-12-13-36(26(35)39)21-5-7-22(8-6-21)37-11-10-30-32-37/h4-11,14,19,40H,3,12-13,15,17-18H2,1-2H3/q+1/t19-,27+/m1/s1. The number of urea groups is 1. The fourth-order valence-corrected chi connectivity index (χ4v) is 4.90. The molecule has 2 aliphatic rings. The lowest BCUT2D eigenvalue weighted by Crippen LogP contribution is -2.55. The molecule has 2 atom stereocenters. The molecule has 1 fully saturated rings. The van der Waals surface area contributed by atoms with Crippen LogP contribution in [0.25, 0.3) is 5.69 Å². The second-order valence-electron chi connectivity index (χ2n) is 9.76. The smallest absolute Gasteiger partial charge is 0.440 e. The zero-order valence-corrected chi connectivity index (χ0v) is 22.5. The highest BCUT2D eigenvalue weighted by atomic mass is 19.1. The molecule has 214 valence electrons. The largest absolute Gasteiger partial charge is 0.547 e. The van der Waals surface area contributed by atoms with Crippen LogP contribution in [0.1, 0.15) is 25.8 Å². The Morgan fingerprint density at radius 3 is 2.61 bits per heavy atom. The molecule has 1 aromatic heterocycles. The van der Waals surface area contributed by atoms with Gasteiger partial charge in [-0.25, -0.2) is 23.3 Å². The maximum atomic E-state index is 15.1. The second-order valence-corrected chi connectivity index (χ2v) is 9.76. The Hall–Kier alpha value is -4.68. The molecule has 14 heteroatoms. The number of hydrogen-bond donors (Lipinski definition) is 1. The van der Waals surface area contributed by atoms with Crippen LogP contribution < -0.4 is 4.90 Å². The van der Waals surface area contributed by atoms with Crippen LogP contribution >= 0.6 is 0 Å². The van der Waals surface area contributed by atoms with Gasteiger partial charge in [0.2, 0.25) is 6.73 Å². The van der Waals surface area contributed by atoms with Crippen LogP contribution in [-0.2, 0) is 15.1 Å². The number of amides is 2. The van der Waals surface area contributed by atoms with Gasteiger partial charge >= 0.3 is 18.3 Å². The first kappa shape index (κ1) is 27.9. The van der Waals surface area contributed by atoms with Crippen LogP contribution in [0.3, 0.4) is 0 Å². The van der Waals surface area contributed by atoms with Gasteiger partial charge in [-0.3, -0.25) is 9.69 Å². The minimum absolute atomic E-state index is 0.0903. The van der Waals surface area contributed by atoms with Gasteiger partial charge in [-0.2, -0.15) is 0 Å². The van der Waals surface area contributed by atoms with Crippen molar-refractivity contribution in [3.05, 3.63) is 72.1 Å². The van der Waals surface area contributed by atoms with Crippen LogP contribution in [0.4, 0.5) is 19.3 Å². The zero-order chi connectivity index (χ0) is 29.1. The van der Waals surface area contributed by atoms with Gasteiger partial charge in [-0.15, -0.1) is 5.10 Å². The van der Waals surface area contributed by atoms with E-state index in [1.165, 1.54) is 20.9 Å². The molecule has 0 spiro atoms. The van der Waals surface area contributed by atoms with Gasteiger partial charge in [0, 0.05) is 36.8 Å². The molecule has 2 amide bonds. The van der Waals surface area contributed by atoms with E-state index in [1.54, 1.807) is 60.1 Å². The van der Waals surface area contributed by atoms with Crippen molar-refractivity contribution < 1.29 is 28.2 Å². The Labute approximate surface area is 235 Å². The number of hydrogen-bond acceptors (Lipinski definition) is 9. The van der Waals surface area contributed by atoms with Crippen molar-refractivity contribution in [1.29, 1.82) is 0 Å². The highest BCUT2D eigenvalue weighted by Crippen LogP contribution is 2.35. The fourth-order valence-electron chi connectivity index (χ4n) is 4.90. The quantitative estimate of drug-likeness (QED) is 0.293. The molecule has 12 nitrogen and oxygen atoms in total. The molecule has 0 aliphatic carbocycles. The number of nitrogens with zero attached hydrogens (tertiary/aromatic N) is 8.